The summed E-state index contributed by atoms with van der Waals surface area (Å²) in [4.78, 5) is 32.1. The van der Waals surface area contributed by atoms with E-state index in [2.05, 4.69) is 4.90 Å². The Morgan fingerprint density at radius 1 is 0.867 bits per heavy atom. The van der Waals surface area contributed by atoms with Gasteiger partial charge in [-0.2, -0.15) is 0 Å². The van der Waals surface area contributed by atoms with Crippen molar-refractivity contribution >= 4 is 29.1 Å². The third-order valence-corrected chi connectivity index (χ3v) is 6.39. The predicted molar refractivity (Wildman–Crippen MR) is 120 cm³/mol. The molecular weight excluding hydrogens is 398 g/mol. The Morgan fingerprint density at radius 3 is 2.20 bits per heavy atom. The molecule has 158 valence electrons. The fraction of sp³-hybridized carbons (Fsp3) is 0.417. The molecule has 0 spiro atoms. The highest BCUT2D eigenvalue weighted by Gasteiger charge is 2.32. The van der Waals surface area contributed by atoms with Gasteiger partial charge in [0.15, 0.2) is 0 Å². The monoisotopic (exact) mass is 425 g/mol. The largest absolute Gasteiger partial charge is 0.368 e. The summed E-state index contributed by atoms with van der Waals surface area (Å²) in [6.45, 7) is 6.30. The summed E-state index contributed by atoms with van der Waals surface area (Å²) in [6.07, 6.45) is 1.73. The molecule has 0 aromatic heterocycles. The Balaban J connectivity index is 1.34. The molecule has 1 atom stereocenters. The van der Waals surface area contributed by atoms with Crippen LogP contribution in [0.4, 0.5) is 5.69 Å². The minimum absolute atomic E-state index is 0.0278. The highest BCUT2D eigenvalue weighted by molar-refractivity contribution is 6.30. The predicted octanol–water partition coefficient (Wildman–Crippen LogP) is 3.85. The Bertz CT molecular complexity index is 890. The molecule has 2 aliphatic heterocycles. The summed E-state index contributed by atoms with van der Waals surface area (Å²) >= 11 is 5.98. The number of halogens is 1. The van der Waals surface area contributed by atoms with Gasteiger partial charge in [0.2, 0.25) is 5.91 Å². The molecule has 0 radical (unpaired) electrons. The lowest BCUT2D eigenvalue weighted by atomic mass is 9.95. The fourth-order valence-corrected chi connectivity index (χ4v) is 4.46. The van der Waals surface area contributed by atoms with Gasteiger partial charge in [-0.3, -0.25) is 9.59 Å². The van der Waals surface area contributed by atoms with E-state index in [0.29, 0.717) is 25.2 Å². The number of benzene rings is 2. The van der Waals surface area contributed by atoms with E-state index in [1.165, 1.54) is 0 Å². The molecule has 0 aliphatic carbocycles. The van der Waals surface area contributed by atoms with Crippen LogP contribution < -0.4 is 4.90 Å². The number of rotatable bonds is 3. The number of nitrogens with zero attached hydrogens (tertiary/aromatic N) is 3. The molecular formula is C24H28ClN3O2. The molecule has 1 unspecified atom stereocenters. The topological polar surface area (TPSA) is 43.9 Å². The van der Waals surface area contributed by atoms with Crippen LogP contribution in [0.15, 0.2) is 48.5 Å². The van der Waals surface area contributed by atoms with E-state index in [4.69, 9.17) is 11.6 Å². The summed E-state index contributed by atoms with van der Waals surface area (Å²) in [5.74, 6) is 0.113. The molecule has 0 saturated carbocycles. The van der Waals surface area contributed by atoms with Crippen LogP contribution in [0.25, 0.3) is 0 Å². The molecule has 2 aromatic carbocycles. The van der Waals surface area contributed by atoms with Gasteiger partial charge in [-0.05, 0) is 56.2 Å². The number of carbonyl (C=O) groups is 2. The fourth-order valence-electron chi connectivity index (χ4n) is 4.34. The second-order valence-corrected chi connectivity index (χ2v) is 8.68. The van der Waals surface area contributed by atoms with E-state index in [9.17, 15) is 9.59 Å². The third-order valence-electron chi connectivity index (χ3n) is 6.14. The average Bonchev–Trinajstić information content (AvgIpc) is 2.79. The van der Waals surface area contributed by atoms with Crippen molar-refractivity contribution < 1.29 is 9.59 Å². The van der Waals surface area contributed by atoms with Crippen molar-refractivity contribution in [3.05, 3.63) is 64.7 Å². The van der Waals surface area contributed by atoms with Crippen LogP contribution in [-0.4, -0.2) is 60.9 Å². The quantitative estimate of drug-likeness (QED) is 0.750. The molecule has 2 heterocycles. The van der Waals surface area contributed by atoms with Crippen LogP contribution in [0.3, 0.4) is 0 Å². The molecule has 2 aromatic rings. The highest BCUT2D eigenvalue weighted by Crippen LogP contribution is 2.23. The Kier molecular flexibility index (Phi) is 6.28. The van der Waals surface area contributed by atoms with Crippen LogP contribution in [0, 0.1) is 12.8 Å². The molecule has 0 N–H and O–H groups in total. The lowest BCUT2D eigenvalue weighted by molar-refractivity contribution is -0.137. The van der Waals surface area contributed by atoms with Crippen molar-refractivity contribution in [2.45, 2.75) is 19.8 Å². The van der Waals surface area contributed by atoms with Gasteiger partial charge in [-0.25, -0.2) is 0 Å². The van der Waals surface area contributed by atoms with Crippen LogP contribution in [0.1, 0.15) is 28.8 Å². The zero-order valence-corrected chi connectivity index (χ0v) is 18.1. The Hall–Kier alpha value is -2.53. The molecule has 6 heteroatoms. The van der Waals surface area contributed by atoms with E-state index in [1.54, 1.807) is 0 Å². The minimum Gasteiger partial charge on any atom is -0.368 e. The van der Waals surface area contributed by atoms with Crippen molar-refractivity contribution in [3.63, 3.8) is 0 Å². The summed E-state index contributed by atoms with van der Waals surface area (Å²) in [5, 5.41) is 0.731. The third kappa shape index (κ3) is 4.62. The second kappa shape index (κ2) is 9.09. The van der Waals surface area contributed by atoms with Gasteiger partial charge in [0, 0.05) is 55.5 Å². The summed E-state index contributed by atoms with van der Waals surface area (Å²) in [5.41, 5.74) is 2.97. The first-order chi connectivity index (χ1) is 14.5. The zero-order chi connectivity index (χ0) is 21.1. The van der Waals surface area contributed by atoms with Crippen molar-refractivity contribution in [2.75, 3.05) is 44.2 Å². The van der Waals surface area contributed by atoms with Gasteiger partial charge in [0.25, 0.3) is 5.91 Å². The second-order valence-electron chi connectivity index (χ2n) is 8.25. The van der Waals surface area contributed by atoms with Crippen LogP contribution in [0.5, 0.6) is 0 Å². The van der Waals surface area contributed by atoms with E-state index >= 15 is 0 Å². The van der Waals surface area contributed by atoms with Crippen molar-refractivity contribution in [3.8, 4) is 0 Å². The molecule has 2 amide bonds. The normalized spacial score (nSPS) is 19.7. The number of carbonyl (C=O) groups excluding carboxylic acids is 2. The number of hydrogen-bond acceptors (Lipinski definition) is 3. The molecule has 5 nitrogen and oxygen atoms in total. The number of aryl methyl sites for hydroxylation is 1. The molecule has 30 heavy (non-hydrogen) atoms. The van der Waals surface area contributed by atoms with E-state index in [1.807, 2.05) is 65.3 Å². The van der Waals surface area contributed by atoms with Gasteiger partial charge in [-0.15, -0.1) is 0 Å². The maximum absolute atomic E-state index is 13.1. The van der Waals surface area contributed by atoms with Gasteiger partial charge >= 0.3 is 0 Å². The SMILES string of the molecule is Cc1ccc(C(=O)N2CCCC(C(=O)N3CCN(c4ccc(Cl)cc4)CC3)C2)cc1. The molecule has 4 rings (SSSR count). The minimum atomic E-state index is -0.102. The first-order valence-electron chi connectivity index (χ1n) is 10.7. The lowest BCUT2D eigenvalue weighted by Crippen LogP contribution is -2.53. The van der Waals surface area contributed by atoms with E-state index in [0.717, 1.165) is 48.7 Å². The molecule has 2 fully saturated rings. The molecule has 0 bridgehead atoms. The Labute approximate surface area is 183 Å². The van der Waals surface area contributed by atoms with E-state index in [-0.39, 0.29) is 17.7 Å². The standard InChI is InChI=1S/C24H28ClN3O2/c1-18-4-6-19(7-5-18)23(29)28-12-2-3-20(17-28)24(30)27-15-13-26(14-16-27)22-10-8-21(25)9-11-22/h4-11,20H,2-3,12-17H2,1H3. The average molecular weight is 426 g/mol. The number of piperidine rings is 1. The molecule has 2 aliphatic rings. The van der Waals surface area contributed by atoms with Crippen LogP contribution in [-0.2, 0) is 4.79 Å². The summed E-state index contributed by atoms with van der Waals surface area (Å²) in [7, 11) is 0. The highest BCUT2D eigenvalue weighted by atomic mass is 35.5. The first kappa shape index (κ1) is 20.7. The molecule has 2 saturated heterocycles. The van der Waals surface area contributed by atoms with E-state index < -0.39 is 0 Å². The van der Waals surface area contributed by atoms with Gasteiger partial charge < -0.3 is 14.7 Å². The maximum atomic E-state index is 13.1. The van der Waals surface area contributed by atoms with Crippen molar-refractivity contribution in [1.29, 1.82) is 0 Å². The number of hydrogen-bond donors (Lipinski definition) is 0. The van der Waals surface area contributed by atoms with Gasteiger partial charge in [-0.1, -0.05) is 29.3 Å². The number of amides is 2. The zero-order valence-electron chi connectivity index (χ0n) is 17.4. The number of anilines is 1. The van der Waals surface area contributed by atoms with Gasteiger partial charge in [0.05, 0.1) is 5.92 Å². The van der Waals surface area contributed by atoms with Crippen molar-refractivity contribution in [2.24, 2.45) is 5.92 Å². The maximum Gasteiger partial charge on any atom is 0.253 e. The summed E-state index contributed by atoms with van der Waals surface area (Å²) in [6, 6.07) is 15.5. The van der Waals surface area contributed by atoms with Crippen LogP contribution in [0.2, 0.25) is 5.02 Å². The van der Waals surface area contributed by atoms with Gasteiger partial charge in [0.1, 0.15) is 0 Å². The lowest BCUT2D eigenvalue weighted by Gasteiger charge is -2.39. The smallest absolute Gasteiger partial charge is 0.253 e. The van der Waals surface area contributed by atoms with Crippen molar-refractivity contribution in [1.82, 2.24) is 9.80 Å². The first-order valence-corrected chi connectivity index (χ1v) is 11.0. The number of likely N-dealkylation sites (tertiary alicyclic amines) is 1. The number of piperazine rings is 1. The Morgan fingerprint density at radius 2 is 1.53 bits per heavy atom. The summed E-state index contributed by atoms with van der Waals surface area (Å²) < 4.78 is 0. The van der Waals surface area contributed by atoms with Crippen LogP contribution >= 0.6 is 11.6 Å².